The zero-order valence-electron chi connectivity index (χ0n) is 44.4. The number of hydrogen-bond donors (Lipinski definition) is 3. The Hall–Kier alpha value is -7.82. The Morgan fingerprint density at radius 2 is 1.34 bits per heavy atom. The number of fused-ring (bicyclic) bond motifs is 4. The van der Waals surface area contributed by atoms with E-state index in [2.05, 4.69) is 235 Å². The van der Waals surface area contributed by atoms with Crippen LogP contribution in [0.5, 0.6) is 0 Å². The fourth-order valence-corrected chi connectivity index (χ4v) is 11.8. The molecule has 5 N–H and O–H groups in total. The van der Waals surface area contributed by atoms with Crippen LogP contribution >= 0.6 is 0 Å². The lowest BCUT2D eigenvalue weighted by molar-refractivity contribution is 0.419. The second-order valence-electron chi connectivity index (χ2n) is 19.9. The Morgan fingerprint density at radius 1 is 0.753 bits per heavy atom. The van der Waals surface area contributed by atoms with Crippen molar-refractivity contribution >= 4 is 33.9 Å². The highest BCUT2D eigenvalue weighted by Crippen LogP contribution is 2.51. The summed E-state index contributed by atoms with van der Waals surface area (Å²) in [5.74, 6) is 0. The summed E-state index contributed by atoms with van der Waals surface area (Å²) in [6, 6.07) is 49.4. The highest BCUT2D eigenvalue weighted by Gasteiger charge is 2.38. The molecule has 2 unspecified atom stereocenters. The number of nitrogen functional groups attached to an aromatic ring is 1. The van der Waals surface area contributed by atoms with Crippen molar-refractivity contribution in [2.75, 3.05) is 11.1 Å². The van der Waals surface area contributed by atoms with Crippen molar-refractivity contribution in [3.8, 4) is 44.5 Å². The Labute approximate surface area is 435 Å². The van der Waals surface area contributed by atoms with Gasteiger partial charge in [-0.3, -0.25) is 0 Å². The first kappa shape index (κ1) is 50.1. The van der Waals surface area contributed by atoms with Crippen LogP contribution in [-0.2, 0) is 11.8 Å². The van der Waals surface area contributed by atoms with Crippen molar-refractivity contribution in [1.29, 1.82) is 0 Å². The molecule has 1 aliphatic heterocycles. The number of allylic oxidation sites excluding steroid dienone is 7. The molecule has 0 spiro atoms. The number of rotatable bonds is 12. The molecule has 1 heterocycles. The summed E-state index contributed by atoms with van der Waals surface area (Å²) in [5.41, 5.74) is 38.4. The van der Waals surface area contributed by atoms with E-state index < -0.39 is 0 Å². The number of anilines is 2. The van der Waals surface area contributed by atoms with Crippen LogP contribution in [0.15, 0.2) is 205 Å². The van der Waals surface area contributed by atoms with Gasteiger partial charge in [-0.25, -0.2) is 0 Å². The molecule has 0 fully saturated rings. The average Bonchev–Trinajstić information content (AvgIpc) is 3.65. The fourth-order valence-electron chi connectivity index (χ4n) is 11.8. The van der Waals surface area contributed by atoms with Gasteiger partial charge in [0.25, 0.3) is 0 Å². The molecule has 7 aromatic carbocycles. The molecule has 0 saturated heterocycles. The maximum Gasteiger partial charge on any atom is 0.0661 e. The van der Waals surface area contributed by atoms with Gasteiger partial charge in [0, 0.05) is 34.3 Å². The van der Waals surface area contributed by atoms with E-state index in [4.69, 9.17) is 11.5 Å². The molecule has 3 aliphatic rings. The molecule has 2 aliphatic carbocycles. The molecular formula is C69H72N4. The quantitative estimate of drug-likeness (QED) is 0.107. The molecule has 4 heteroatoms. The van der Waals surface area contributed by atoms with Crippen molar-refractivity contribution in [2.24, 2.45) is 5.73 Å². The molecule has 2 atom stereocenters. The Bertz CT molecular complexity index is 3460. The number of hydrogen-bond acceptors (Lipinski definition) is 4. The number of nitrogens with two attached hydrogens (primary N) is 2. The molecule has 0 saturated carbocycles. The third-order valence-corrected chi connectivity index (χ3v) is 15.4. The van der Waals surface area contributed by atoms with Gasteiger partial charge in [-0.1, -0.05) is 181 Å². The van der Waals surface area contributed by atoms with Crippen LogP contribution in [0.2, 0.25) is 0 Å². The highest BCUT2D eigenvalue weighted by molar-refractivity contribution is 6.05. The number of benzene rings is 7. The molecule has 7 aromatic rings. The lowest BCUT2D eigenvalue weighted by Gasteiger charge is -2.42. The van der Waals surface area contributed by atoms with Crippen molar-refractivity contribution in [3.05, 3.63) is 238 Å². The Morgan fingerprint density at radius 3 is 1.96 bits per heavy atom. The predicted molar refractivity (Wildman–Crippen MR) is 317 cm³/mol. The van der Waals surface area contributed by atoms with Crippen molar-refractivity contribution in [3.63, 3.8) is 0 Å². The second kappa shape index (κ2) is 21.1. The van der Waals surface area contributed by atoms with Crippen LogP contribution in [0.25, 0.3) is 67.1 Å². The molecular weight excluding hydrogens is 885 g/mol. The Kier molecular flexibility index (Phi) is 14.5. The molecule has 0 radical (unpaired) electrons. The summed E-state index contributed by atoms with van der Waals surface area (Å²) in [6.45, 7) is 23.9. The minimum Gasteiger partial charge on any atom is -0.403 e. The smallest absolute Gasteiger partial charge is 0.0661 e. The van der Waals surface area contributed by atoms with Gasteiger partial charge in [0.1, 0.15) is 0 Å². The third kappa shape index (κ3) is 8.99. The summed E-state index contributed by atoms with van der Waals surface area (Å²) in [5, 5.41) is 6.16. The van der Waals surface area contributed by atoms with Crippen LogP contribution in [0, 0.1) is 0 Å². The van der Waals surface area contributed by atoms with Gasteiger partial charge in [0.2, 0.25) is 0 Å². The van der Waals surface area contributed by atoms with E-state index in [1.54, 1.807) is 6.20 Å². The zero-order valence-corrected chi connectivity index (χ0v) is 44.4. The molecule has 0 bridgehead atoms. The van der Waals surface area contributed by atoms with Crippen molar-refractivity contribution in [1.82, 2.24) is 4.90 Å². The molecule has 0 amide bonds. The molecule has 4 nitrogen and oxygen atoms in total. The van der Waals surface area contributed by atoms with E-state index in [-0.39, 0.29) is 17.5 Å². The first-order valence-electron chi connectivity index (χ1n) is 26.4. The molecule has 73 heavy (non-hydrogen) atoms. The minimum absolute atomic E-state index is 0.0173. The largest absolute Gasteiger partial charge is 0.403 e. The van der Waals surface area contributed by atoms with Crippen LogP contribution < -0.4 is 16.8 Å². The van der Waals surface area contributed by atoms with E-state index in [9.17, 15) is 0 Å². The SMILES string of the molecule is C=CC1=C(/C=C\C)C2=C(C=CCC2)N(/C(=C\N)c2ccc3c(c2)C(C)(C)c2cc(-c4cccc(-c5cccc(-c6cccc(C(C)Nc7c(/C=C\C)c(CC)c8ccccc8c7N)c6)c5)c4)ccc2-3)C1C.CC. The second-order valence-corrected chi connectivity index (χ2v) is 19.9. The molecule has 368 valence electrons. The van der Waals surface area contributed by atoms with Gasteiger partial charge in [-0.2, -0.15) is 0 Å². The molecule has 10 rings (SSSR count). The van der Waals surface area contributed by atoms with E-state index in [0.29, 0.717) is 0 Å². The van der Waals surface area contributed by atoms with Crippen molar-refractivity contribution in [2.45, 2.75) is 99.1 Å². The maximum atomic E-state index is 6.96. The predicted octanol–water partition coefficient (Wildman–Crippen LogP) is 18.1. The summed E-state index contributed by atoms with van der Waals surface area (Å²) in [4.78, 5) is 2.43. The number of nitrogens with one attached hydrogen (secondary N) is 1. The van der Waals surface area contributed by atoms with Gasteiger partial charge in [0.15, 0.2) is 0 Å². The average molecular weight is 957 g/mol. The lowest BCUT2D eigenvalue weighted by atomic mass is 9.80. The van der Waals surface area contributed by atoms with Gasteiger partial charge in [0.05, 0.1) is 23.1 Å². The van der Waals surface area contributed by atoms with E-state index in [0.717, 1.165) is 52.8 Å². The lowest BCUT2D eigenvalue weighted by Crippen LogP contribution is -2.37. The van der Waals surface area contributed by atoms with E-state index in [1.165, 1.54) is 94.6 Å². The normalized spacial score (nSPS) is 16.4. The fraction of sp³-hybridized carbons (Fsp3) is 0.217. The number of aryl methyl sites for hydroxylation is 1. The summed E-state index contributed by atoms with van der Waals surface area (Å²) < 4.78 is 0. The standard InChI is InChI=1S/C67H66N4.C2H6/c1-9-20-54-52(11-3)43(6)71(63-31-16-15-29-58(54)63)64(41-68)51-33-35-57-56-34-32-50(39-61(56)67(7,8)62(57)40-51)49-27-19-26-48(38-49)47-25-18-24-46(37-47)45-23-17-22-44(36-45)42(5)70-66-60(21-10-2)53(12-4)55-28-13-14-30-59(55)65(66)69;1-2/h9-11,13-14,16-28,30-43,70H,3,12,15,29,68-69H2,1-2,4-8H3;1-2H3/b20-9-,21-10-,64-41-;. The first-order chi connectivity index (χ1) is 35.5. The number of nitrogens with zero attached hydrogens (tertiary/aromatic N) is 1. The van der Waals surface area contributed by atoms with Gasteiger partial charge < -0.3 is 21.7 Å². The minimum atomic E-state index is -0.229. The first-order valence-corrected chi connectivity index (χ1v) is 26.4. The van der Waals surface area contributed by atoms with Crippen LogP contribution in [0.4, 0.5) is 11.4 Å². The van der Waals surface area contributed by atoms with Crippen LogP contribution in [0.3, 0.4) is 0 Å². The summed E-state index contributed by atoms with van der Waals surface area (Å²) in [6.07, 6.45) is 20.0. The topological polar surface area (TPSA) is 67.3 Å². The highest BCUT2D eigenvalue weighted by atomic mass is 15.2. The van der Waals surface area contributed by atoms with Crippen LogP contribution in [-0.4, -0.2) is 10.9 Å². The Balaban J connectivity index is 0.00000324. The van der Waals surface area contributed by atoms with Gasteiger partial charge >= 0.3 is 0 Å². The molecule has 0 aromatic heterocycles. The van der Waals surface area contributed by atoms with Gasteiger partial charge in [-0.05, 0) is 178 Å². The summed E-state index contributed by atoms with van der Waals surface area (Å²) >= 11 is 0. The zero-order chi connectivity index (χ0) is 51.6. The summed E-state index contributed by atoms with van der Waals surface area (Å²) in [7, 11) is 0. The monoisotopic (exact) mass is 957 g/mol. The van der Waals surface area contributed by atoms with E-state index >= 15 is 0 Å². The van der Waals surface area contributed by atoms with E-state index in [1.807, 2.05) is 19.9 Å². The van der Waals surface area contributed by atoms with Gasteiger partial charge in [-0.15, -0.1) is 0 Å². The third-order valence-electron chi connectivity index (χ3n) is 15.4. The maximum absolute atomic E-state index is 6.96. The van der Waals surface area contributed by atoms with Crippen molar-refractivity contribution < 1.29 is 0 Å². The van der Waals surface area contributed by atoms with Crippen LogP contribution in [0.1, 0.15) is 115 Å².